The zero-order chi connectivity index (χ0) is 33.6. The van der Waals surface area contributed by atoms with E-state index in [9.17, 15) is 4.57 Å². The first-order valence-corrected chi connectivity index (χ1v) is 19.3. The molecule has 3 aliphatic rings. The van der Waals surface area contributed by atoms with Gasteiger partial charge in [0.2, 0.25) is 5.95 Å². The lowest BCUT2D eigenvalue weighted by Gasteiger charge is -2.39. The molecule has 1 spiro atoms. The molecule has 13 nitrogen and oxygen atoms in total. The highest BCUT2D eigenvalue weighted by atomic mass is 79.9. The van der Waals surface area contributed by atoms with Crippen molar-refractivity contribution in [1.29, 1.82) is 0 Å². The van der Waals surface area contributed by atoms with E-state index in [0.29, 0.717) is 45.2 Å². The minimum atomic E-state index is -2.72. The maximum atomic E-state index is 13.5. The van der Waals surface area contributed by atoms with Crippen molar-refractivity contribution in [2.75, 3.05) is 87.7 Å². The number of nitrogens with one attached hydrogen (secondary N) is 3. The second-order valence-corrected chi connectivity index (χ2v) is 17.0. The molecule has 2 aromatic carbocycles. The van der Waals surface area contributed by atoms with Crippen LogP contribution in [0.15, 0.2) is 52.3 Å². The molecule has 15 heteroatoms. The fourth-order valence-corrected chi connectivity index (χ4v) is 8.53. The van der Waals surface area contributed by atoms with Crippen LogP contribution in [0.3, 0.4) is 0 Å². The molecule has 5 heterocycles. The molecule has 0 bridgehead atoms. The molecule has 1 unspecified atom stereocenters. The number of morpholine rings is 1. The van der Waals surface area contributed by atoms with E-state index in [1.165, 1.54) is 0 Å². The Balaban J connectivity index is 1.23. The molecule has 1 atom stereocenters. The van der Waals surface area contributed by atoms with Gasteiger partial charge in [0.25, 0.3) is 0 Å². The summed E-state index contributed by atoms with van der Waals surface area (Å²) in [6.45, 7) is 8.35. The highest BCUT2D eigenvalue weighted by molar-refractivity contribution is 9.10. The summed E-state index contributed by atoms with van der Waals surface area (Å²) in [6.07, 6.45) is 8.33. The molecule has 252 valence electrons. The first-order chi connectivity index (χ1) is 23.0. The fraction of sp³-hybridized carbons (Fsp3) is 0.394. The Labute approximate surface area is 288 Å². The Bertz CT molecular complexity index is 1940. The van der Waals surface area contributed by atoms with Gasteiger partial charge in [-0.2, -0.15) is 10.1 Å². The summed E-state index contributed by atoms with van der Waals surface area (Å²) in [5.74, 6) is 1.54. The number of halogens is 1. The Kier molecular flexibility index (Phi) is 8.69. The summed E-state index contributed by atoms with van der Waals surface area (Å²) in [5.41, 5.74) is 5.80. The maximum Gasteiger partial charge on any atom is 0.229 e. The minimum absolute atomic E-state index is 0.192. The second-order valence-electron chi connectivity index (χ2n) is 13.0. The fourth-order valence-electron chi connectivity index (χ4n) is 6.80. The molecular weight excluding hydrogens is 695 g/mol. The average molecular weight is 736 g/mol. The Morgan fingerprint density at radius 2 is 1.96 bits per heavy atom. The molecule has 0 saturated carbocycles. The second kappa shape index (κ2) is 12.8. The number of aromatic nitrogens is 4. The van der Waals surface area contributed by atoms with Gasteiger partial charge in [0.15, 0.2) is 0 Å². The van der Waals surface area contributed by atoms with Gasteiger partial charge in [-0.3, -0.25) is 9.67 Å². The summed E-state index contributed by atoms with van der Waals surface area (Å²) < 4.78 is 28.3. The molecule has 2 saturated heterocycles. The lowest BCUT2D eigenvalue weighted by atomic mass is 10.0. The topological polar surface area (TPSA) is 134 Å². The minimum Gasteiger partial charge on any atom is -0.494 e. The summed E-state index contributed by atoms with van der Waals surface area (Å²) in [6, 6.07) is 7.94. The van der Waals surface area contributed by atoms with E-state index in [-0.39, 0.29) is 5.60 Å². The Hall–Kier alpha value is -3.97. The van der Waals surface area contributed by atoms with Crippen LogP contribution in [0.5, 0.6) is 5.75 Å². The number of anilines is 6. The molecule has 3 N–H and O–H groups in total. The van der Waals surface area contributed by atoms with Crippen LogP contribution in [0.4, 0.5) is 40.2 Å². The molecule has 7 rings (SSSR count). The van der Waals surface area contributed by atoms with Crippen molar-refractivity contribution in [3.05, 3.63) is 47.3 Å². The number of rotatable bonds is 8. The molecular formula is C33H40BrN10O3P. The number of hydrogen-bond donors (Lipinski definition) is 3. The van der Waals surface area contributed by atoms with Gasteiger partial charge in [0, 0.05) is 74.7 Å². The molecule has 2 aromatic heterocycles. The molecule has 0 amide bonds. The predicted molar refractivity (Wildman–Crippen MR) is 197 cm³/mol. The number of hydrogen-bond acceptors (Lipinski definition) is 12. The number of likely N-dealkylation sites (N-methyl/N-ethyl adjacent to an activating group) is 1. The van der Waals surface area contributed by atoms with E-state index in [1.807, 2.05) is 31.6 Å². The van der Waals surface area contributed by atoms with E-state index in [2.05, 4.69) is 75.9 Å². The summed E-state index contributed by atoms with van der Waals surface area (Å²) in [5, 5.41) is 15.3. The monoisotopic (exact) mass is 734 g/mol. The third-order valence-corrected chi connectivity index (χ3v) is 11.1. The third kappa shape index (κ3) is 6.41. The van der Waals surface area contributed by atoms with Crippen molar-refractivity contribution in [2.24, 2.45) is 12.0 Å². The van der Waals surface area contributed by atoms with E-state index in [1.54, 1.807) is 37.5 Å². The number of aryl methyl sites for hydroxylation is 1. The smallest absolute Gasteiger partial charge is 0.229 e. The van der Waals surface area contributed by atoms with Crippen LogP contribution in [-0.2, 0) is 16.3 Å². The van der Waals surface area contributed by atoms with Gasteiger partial charge >= 0.3 is 0 Å². The van der Waals surface area contributed by atoms with Gasteiger partial charge < -0.3 is 39.8 Å². The van der Waals surface area contributed by atoms with Crippen LogP contribution in [0, 0.1) is 0 Å². The van der Waals surface area contributed by atoms with E-state index >= 15 is 0 Å². The largest absolute Gasteiger partial charge is 0.494 e. The van der Waals surface area contributed by atoms with Gasteiger partial charge in [0.1, 0.15) is 18.7 Å². The molecule has 2 fully saturated rings. The van der Waals surface area contributed by atoms with Crippen LogP contribution in [0.2, 0.25) is 0 Å². The van der Waals surface area contributed by atoms with Crippen LogP contribution in [0.1, 0.15) is 6.42 Å². The van der Waals surface area contributed by atoms with E-state index in [4.69, 9.17) is 14.5 Å². The Morgan fingerprint density at radius 3 is 2.71 bits per heavy atom. The summed E-state index contributed by atoms with van der Waals surface area (Å²) >= 11 is 3.60. The molecule has 3 aliphatic heterocycles. The van der Waals surface area contributed by atoms with Crippen LogP contribution < -0.4 is 30.9 Å². The van der Waals surface area contributed by atoms with Gasteiger partial charge in [-0.05, 0) is 60.9 Å². The van der Waals surface area contributed by atoms with Gasteiger partial charge in [-0.15, -0.1) is 0 Å². The van der Waals surface area contributed by atoms with Crippen LogP contribution >= 0.6 is 23.1 Å². The van der Waals surface area contributed by atoms with Crippen molar-refractivity contribution in [2.45, 2.75) is 12.0 Å². The number of aliphatic imine (C=N–C) groups is 1. The van der Waals surface area contributed by atoms with Crippen molar-refractivity contribution >= 4 is 74.8 Å². The normalized spacial score (nSPS) is 19.3. The zero-order valence-corrected chi connectivity index (χ0v) is 30.2. The first-order valence-electron chi connectivity index (χ1n) is 15.9. The average Bonchev–Trinajstić information content (AvgIpc) is 3.67. The zero-order valence-electron chi connectivity index (χ0n) is 27.7. The lowest BCUT2D eigenvalue weighted by molar-refractivity contribution is -0.0885. The summed E-state index contributed by atoms with van der Waals surface area (Å²) in [7, 11) is 3.02. The van der Waals surface area contributed by atoms with E-state index < -0.39 is 7.14 Å². The highest BCUT2D eigenvalue weighted by Gasteiger charge is 2.43. The SMILES string of the molecule is COc1cc(N2CCC3(CN(C)CCO3)C2)c(-c2cnn(C)c2)cc1Nc1ncc(Br)c(Nc2ccc3c(c2P(C)(C)=O)NCC=N3)n1. The van der Waals surface area contributed by atoms with E-state index in [0.717, 1.165) is 67.4 Å². The maximum absolute atomic E-state index is 13.5. The molecule has 4 aromatic rings. The van der Waals surface area contributed by atoms with Crippen LogP contribution in [-0.4, -0.2) is 103 Å². The van der Waals surface area contributed by atoms with Crippen molar-refractivity contribution in [3.63, 3.8) is 0 Å². The summed E-state index contributed by atoms with van der Waals surface area (Å²) in [4.78, 5) is 18.6. The standard InChI is InChI=1S/C33H40BrN10O3P/c1-42-12-13-47-33(19-42)8-11-44(20-33)27-15-28(46-3)26(14-22(27)21-16-38-43(2)18-21)40-32-37-17-23(34)31(41-32)39-25-7-6-24-29(36-10-9-35-24)30(25)48(4,5)45/h6-7,9,14-18,36H,8,10-13,19-20H2,1-5H3,(H2,37,39,40,41). The third-order valence-electron chi connectivity index (χ3n) is 8.97. The number of benzene rings is 2. The van der Waals surface area contributed by atoms with Crippen LogP contribution in [0.25, 0.3) is 11.1 Å². The first kappa shape index (κ1) is 32.6. The number of ether oxygens (including phenoxy) is 2. The number of fused-ring (bicyclic) bond motifs is 1. The molecule has 0 aliphatic carbocycles. The quantitative estimate of drug-likeness (QED) is 0.200. The molecule has 0 radical (unpaired) electrons. The Morgan fingerprint density at radius 1 is 1.10 bits per heavy atom. The lowest BCUT2D eigenvalue weighted by Crippen LogP contribution is -2.51. The highest BCUT2D eigenvalue weighted by Crippen LogP contribution is 2.46. The van der Waals surface area contributed by atoms with Gasteiger partial charge in [-0.1, -0.05) is 0 Å². The number of methoxy groups -OCH3 is 1. The molecule has 48 heavy (non-hydrogen) atoms. The predicted octanol–water partition coefficient (Wildman–Crippen LogP) is 5.42. The van der Waals surface area contributed by atoms with Gasteiger partial charge in [-0.25, -0.2) is 4.98 Å². The van der Waals surface area contributed by atoms with Gasteiger partial charge in [0.05, 0.1) is 64.6 Å². The van der Waals surface area contributed by atoms with Crippen molar-refractivity contribution in [1.82, 2.24) is 24.6 Å². The number of nitrogens with zero attached hydrogens (tertiary/aromatic N) is 7. The van der Waals surface area contributed by atoms with Crippen molar-refractivity contribution < 1.29 is 14.0 Å². The van der Waals surface area contributed by atoms with Crippen molar-refractivity contribution in [3.8, 4) is 16.9 Å².